The molecule has 0 saturated heterocycles. The summed E-state index contributed by atoms with van der Waals surface area (Å²) in [6, 6.07) is 7.18. The first-order chi connectivity index (χ1) is 8.95. The summed E-state index contributed by atoms with van der Waals surface area (Å²) in [5, 5.41) is 3.97. The molecule has 0 radical (unpaired) electrons. The zero-order chi connectivity index (χ0) is 13.9. The number of alkyl halides is 3. The molecule has 1 aromatic carbocycles. The van der Waals surface area contributed by atoms with Crippen molar-refractivity contribution in [2.75, 3.05) is 0 Å². The molecule has 0 aliphatic heterocycles. The molecule has 2 aromatic rings. The van der Waals surface area contributed by atoms with Crippen molar-refractivity contribution in [1.82, 2.24) is 0 Å². The molecule has 0 aliphatic carbocycles. The van der Waals surface area contributed by atoms with Crippen LogP contribution in [-0.2, 0) is 19.0 Å². The van der Waals surface area contributed by atoms with Crippen LogP contribution < -0.4 is 5.73 Å². The second-order valence-electron chi connectivity index (χ2n) is 4.50. The maximum atomic E-state index is 12.6. The van der Waals surface area contributed by atoms with E-state index >= 15 is 0 Å². The molecular weight excluding hydrogens is 271 g/mol. The summed E-state index contributed by atoms with van der Waals surface area (Å²) in [7, 11) is 0. The average Bonchev–Trinajstić information content (AvgIpc) is 2.80. The minimum atomic E-state index is -4.30. The Hall–Kier alpha value is -1.33. The molecule has 2 rings (SSSR count). The molecule has 0 fully saturated rings. The molecule has 0 spiro atoms. The SMILES string of the molecule is NC(Cc1ccsc1)Cc1cccc(C(F)(F)F)c1. The van der Waals surface area contributed by atoms with E-state index in [-0.39, 0.29) is 6.04 Å². The van der Waals surface area contributed by atoms with Crippen molar-refractivity contribution < 1.29 is 13.2 Å². The molecule has 2 N–H and O–H groups in total. The zero-order valence-corrected chi connectivity index (χ0v) is 11.0. The van der Waals surface area contributed by atoms with Gasteiger partial charge in [0.25, 0.3) is 0 Å². The molecule has 1 atom stereocenters. The van der Waals surface area contributed by atoms with Gasteiger partial charge in [-0.05, 0) is 46.9 Å². The largest absolute Gasteiger partial charge is 0.416 e. The van der Waals surface area contributed by atoms with Gasteiger partial charge in [0.1, 0.15) is 0 Å². The number of hydrogen-bond acceptors (Lipinski definition) is 2. The highest BCUT2D eigenvalue weighted by Crippen LogP contribution is 2.29. The number of rotatable bonds is 4. The fourth-order valence-corrected chi connectivity index (χ4v) is 2.64. The van der Waals surface area contributed by atoms with Crippen molar-refractivity contribution in [2.24, 2.45) is 5.73 Å². The lowest BCUT2D eigenvalue weighted by atomic mass is 10.00. The van der Waals surface area contributed by atoms with Gasteiger partial charge in [0, 0.05) is 6.04 Å². The van der Waals surface area contributed by atoms with Crippen LogP contribution in [0.2, 0.25) is 0 Å². The molecule has 0 bridgehead atoms. The van der Waals surface area contributed by atoms with Crippen LogP contribution in [0.5, 0.6) is 0 Å². The zero-order valence-electron chi connectivity index (χ0n) is 10.2. The molecule has 102 valence electrons. The molecule has 1 unspecified atom stereocenters. The lowest BCUT2D eigenvalue weighted by Gasteiger charge is -2.13. The Morgan fingerprint density at radius 1 is 1.11 bits per heavy atom. The van der Waals surface area contributed by atoms with Crippen LogP contribution >= 0.6 is 11.3 Å². The van der Waals surface area contributed by atoms with E-state index in [0.29, 0.717) is 18.4 Å². The number of nitrogens with two attached hydrogens (primary N) is 1. The highest BCUT2D eigenvalue weighted by molar-refractivity contribution is 7.07. The van der Waals surface area contributed by atoms with Crippen LogP contribution in [0.25, 0.3) is 0 Å². The van der Waals surface area contributed by atoms with E-state index in [4.69, 9.17) is 5.73 Å². The van der Waals surface area contributed by atoms with Crippen molar-refractivity contribution in [1.29, 1.82) is 0 Å². The van der Waals surface area contributed by atoms with Gasteiger partial charge in [-0.3, -0.25) is 0 Å². The Kier molecular flexibility index (Phi) is 4.27. The smallest absolute Gasteiger partial charge is 0.327 e. The Morgan fingerprint density at radius 2 is 1.84 bits per heavy atom. The van der Waals surface area contributed by atoms with E-state index in [2.05, 4.69) is 0 Å². The third kappa shape index (κ3) is 4.08. The van der Waals surface area contributed by atoms with E-state index in [1.807, 2.05) is 16.8 Å². The summed E-state index contributed by atoms with van der Waals surface area (Å²) in [6.45, 7) is 0. The topological polar surface area (TPSA) is 26.0 Å². The van der Waals surface area contributed by atoms with Crippen LogP contribution in [0.1, 0.15) is 16.7 Å². The lowest BCUT2D eigenvalue weighted by molar-refractivity contribution is -0.137. The summed E-state index contributed by atoms with van der Waals surface area (Å²) >= 11 is 1.59. The molecule has 0 aliphatic rings. The van der Waals surface area contributed by atoms with E-state index in [1.54, 1.807) is 17.4 Å². The molecule has 0 saturated carbocycles. The van der Waals surface area contributed by atoms with Gasteiger partial charge in [0.2, 0.25) is 0 Å². The maximum absolute atomic E-state index is 12.6. The first-order valence-corrected chi connectivity index (χ1v) is 6.82. The van der Waals surface area contributed by atoms with E-state index in [0.717, 1.165) is 11.6 Å². The van der Waals surface area contributed by atoms with Crippen LogP contribution in [0.15, 0.2) is 41.1 Å². The van der Waals surface area contributed by atoms with Gasteiger partial charge in [-0.15, -0.1) is 0 Å². The number of halogens is 3. The van der Waals surface area contributed by atoms with Gasteiger partial charge < -0.3 is 5.73 Å². The third-order valence-corrected chi connectivity index (χ3v) is 3.56. The second-order valence-corrected chi connectivity index (χ2v) is 5.28. The molecule has 19 heavy (non-hydrogen) atoms. The fraction of sp³-hybridized carbons (Fsp3) is 0.286. The normalized spacial score (nSPS) is 13.5. The monoisotopic (exact) mass is 285 g/mol. The van der Waals surface area contributed by atoms with Crippen LogP contribution in [0.3, 0.4) is 0 Å². The summed E-state index contributed by atoms with van der Waals surface area (Å²) in [4.78, 5) is 0. The van der Waals surface area contributed by atoms with Crippen molar-refractivity contribution >= 4 is 11.3 Å². The van der Waals surface area contributed by atoms with E-state index in [1.165, 1.54) is 12.1 Å². The first-order valence-electron chi connectivity index (χ1n) is 5.88. The van der Waals surface area contributed by atoms with Crippen LogP contribution in [-0.4, -0.2) is 6.04 Å². The first kappa shape index (κ1) is 14.1. The number of benzene rings is 1. The van der Waals surface area contributed by atoms with E-state index in [9.17, 15) is 13.2 Å². The minimum absolute atomic E-state index is 0.168. The van der Waals surface area contributed by atoms with Gasteiger partial charge in [0.15, 0.2) is 0 Å². The van der Waals surface area contributed by atoms with Crippen molar-refractivity contribution in [2.45, 2.75) is 25.1 Å². The quantitative estimate of drug-likeness (QED) is 0.906. The Balaban J connectivity index is 2.03. The molecule has 5 heteroatoms. The van der Waals surface area contributed by atoms with Gasteiger partial charge in [0.05, 0.1) is 5.56 Å². The highest BCUT2D eigenvalue weighted by Gasteiger charge is 2.30. The molecule has 1 nitrogen and oxygen atoms in total. The standard InChI is InChI=1S/C14H14F3NS/c15-14(16,17)12-3-1-2-10(6-12)7-13(18)8-11-4-5-19-9-11/h1-6,9,13H,7-8,18H2. The molecular formula is C14H14F3NS. The van der Waals surface area contributed by atoms with Crippen molar-refractivity contribution in [3.8, 4) is 0 Å². The van der Waals surface area contributed by atoms with E-state index < -0.39 is 11.7 Å². The van der Waals surface area contributed by atoms with Gasteiger partial charge >= 0.3 is 6.18 Å². The predicted octanol–water partition coefficient (Wildman–Crippen LogP) is 3.88. The molecule has 1 aromatic heterocycles. The fourth-order valence-electron chi connectivity index (χ4n) is 1.96. The van der Waals surface area contributed by atoms with Crippen molar-refractivity contribution in [3.05, 3.63) is 57.8 Å². The summed E-state index contributed by atoms with van der Waals surface area (Å²) in [6.07, 6.45) is -3.17. The highest BCUT2D eigenvalue weighted by atomic mass is 32.1. The Bertz CT molecular complexity index is 520. The number of hydrogen-bond donors (Lipinski definition) is 1. The number of thiophene rings is 1. The molecule has 0 amide bonds. The minimum Gasteiger partial charge on any atom is -0.327 e. The van der Waals surface area contributed by atoms with Crippen LogP contribution in [0, 0.1) is 0 Å². The average molecular weight is 285 g/mol. The van der Waals surface area contributed by atoms with Crippen molar-refractivity contribution in [3.63, 3.8) is 0 Å². The summed E-state index contributed by atoms with van der Waals surface area (Å²) < 4.78 is 37.7. The predicted molar refractivity (Wildman–Crippen MR) is 71.1 cm³/mol. The summed E-state index contributed by atoms with van der Waals surface area (Å²) in [5.74, 6) is 0. The second kappa shape index (κ2) is 5.75. The van der Waals surface area contributed by atoms with Gasteiger partial charge in [-0.25, -0.2) is 0 Å². The Morgan fingerprint density at radius 3 is 2.47 bits per heavy atom. The van der Waals surface area contributed by atoms with Gasteiger partial charge in [-0.1, -0.05) is 18.2 Å². The van der Waals surface area contributed by atoms with Crippen LogP contribution in [0.4, 0.5) is 13.2 Å². The maximum Gasteiger partial charge on any atom is 0.416 e. The third-order valence-electron chi connectivity index (χ3n) is 2.83. The molecule has 1 heterocycles. The lowest BCUT2D eigenvalue weighted by Crippen LogP contribution is -2.25. The Labute approximate surface area is 113 Å². The summed E-state index contributed by atoms with van der Waals surface area (Å²) in [5.41, 5.74) is 7.11. The van der Waals surface area contributed by atoms with Gasteiger partial charge in [-0.2, -0.15) is 24.5 Å².